The summed E-state index contributed by atoms with van der Waals surface area (Å²) in [5.74, 6) is -1.09. The van der Waals surface area contributed by atoms with Crippen LogP contribution in [0.5, 0.6) is 0 Å². The Hall–Kier alpha value is -2.29. The van der Waals surface area contributed by atoms with Crippen LogP contribution in [0.1, 0.15) is 174 Å². The van der Waals surface area contributed by atoms with Crippen molar-refractivity contribution >= 4 is 19.8 Å². The highest BCUT2D eigenvalue weighted by molar-refractivity contribution is 7.46. The lowest BCUT2D eigenvalue weighted by Gasteiger charge is -2.18. The first-order valence-corrected chi connectivity index (χ1v) is 22.2. The third-order valence-electron chi connectivity index (χ3n) is 8.65. The summed E-state index contributed by atoms with van der Waals surface area (Å²) in [6, 6.07) is 0. The highest BCUT2D eigenvalue weighted by atomic mass is 31.2. The van der Waals surface area contributed by atoms with Gasteiger partial charge in [0.2, 0.25) is 0 Å². The van der Waals surface area contributed by atoms with Crippen molar-refractivity contribution in [3.8, 4) is 0 Å². The van der Waals surface area contributed by atoms with Crippen molar-refractivity contribution < 1.29 is 43.0 Å². The van der Waals surface area contributed by atoms with Gasteiger partial charge >= 0.3 is 19.8 Å². The van der Waals surface area contributed by atoms with Gasteiger partial charge in [-0.25, -0.2) is 4.57 Å². The van der Waals surface area contributed by atoms with Crippen LogP contribution in [-0.4, -0.2) is 52.3 Å². The predicted octanol–water partition coefficient (Wildman–Crippen LogP) is 11.5. The second-order valence-electron chi connectivity index (χ2n) is 13.8. The van der Waals surface area contributed by atoms with E-state index in [1.807, 2.05) is 12.2 Å². The highest BCUT2D eigenvalue weighted by Crippen LogP contribution is 2.36. The van der Waals surface area contributed by atoms with E-state index in [1.54, 1.807) is 12.2 Å². The van der Waals surface area contributed by atoms with Crippen molar-refractivity contribution in [2.24, 2.45) is 0 Å². The SMILES string of the molecule is CC/C=C\C/C=C\C/C=C\C/C=C\C=C\C(O)CCCC(=O)O[C@H](COC(=O)CCCCCCCCCCCCCCCCCCC)COP(=O)(O)O. The Kier molecular flexibility index (Phi) is 36.4. The molecule has 10 heteroatoms. The van der Waals surface area contributed by atoms with Crippen LogP contribution in [0.3, 0.4) is 0 Å². The van der Waals surface area contributed by atoms with Gasteiger partial charge in [-0.05, 0) is 44.9 Å². The Balaban J connectivity index is 4.11. The smallest absolute Gasteiger partial charge is 0.462 e. The molecule has 9 nitrogen and oxygen atoms in total. The van der Waals surface area contributed by atoms with Gasteiger partial charge in [0.1, 0.15) is 6.61 Å². The van der Waals surface area contributed by atoms with Crippen LogP contribution < -0.4 is 0 Å². The summed E-state index contributed by atoms with van der Waals surface area (Å²) in [5, 5.41) is 10.2. The van der Waals surface area contributed by atoms with Gasteiger partial charge in [0.05, 0.1) is 12.7 Å². The van der Waals surface area contributed by atoms with Crippen molar-refractivity contribution in [3.05, 3.63) is 60.8 Å². The van der Waals surface area contributed by atoms with E-state index in [-0.39, 0.29) is 19.4 Å². The molecule has 0 saturated carbocycles. The maximum Gasteiger partial charge on any atom is 0.469 e. The maximum absolute atomic E-state index is 12.4. The number of rotatable bonds is 37. The fourth-order valence-corrected chi connectivity index (χ4v) is 5.94. The maximum atomic E-state index is 12.4. The molecule has 53 heavy (non-hydrogen) atoms. The van der Waals surface area contributed by atoms with Gasteiger partial charge in [-0.2, -0.15) is 0 Å². The van der Waals surface area contributed by atoms with Crippen molar-refractivity contribution in [2.75, 3.05) is 13.2 Å². The molecule has 0 heterocycles. The molecule has 0 amide bonds. The van der Waals surface area contributed by atoms with Crippen molar-refractivity contribution in [1.29, 1.82) is 0 Å². The summed E-state index contributed by atoms with van der Waals surface area (Å²) in [7, 11) is -4.81. The zero-order chi connectivity index (χ0) is 39.1. The lowest BCUT2D eigenvalue weighted by atomic mass is 10.0. The Bertz CT molecular complexity index is 1060. The Morgan fingerprint density at radius 3 is 1.57 bits per heavy atom. The second kappa shape index (κ2) is 38.0. The van der Waals surface area contributed by atoms with Gasteiger partial charge in [-0.3, -0.25) is 14.1 Å². The normalized spacial score (nSPS) is 13.7. The summed E-state index contributed by atoms with van der Waals surface area (Å²) in [5.41, 5.74) is 0. The highest BCUT2D eigenvalue weighted by Gasteiger charge is 2.23. The van der Waals surface area contributed by atoms with E-state index in [0.29, 0.717) is 19.3 Å². The number of phosphoric ester groups is 1. The minimum absolute atomic E-state index is 0.0194. The van der Waals surface area contributed by atoms with E-state index in [4.69, 9.17) is 19.3 Å². The minimum atomic E-state index is -4.81. The number of esters is 2. The number of aliphatic hydroxyl groups is 1. The predicted molar refractivity (Wildman–Crippen MR) is 217 cm³/mol. The average Bonchev–Trinajstić information content (AvgIpc) is 3.12. The first kappa shape index (κ1) is 50.7. The van der Waals surface area contributed by atoms with Gasteiger partial charge in [0.25, 0.3) is 0 Å². The monoisotopic (exact) mass is 767 g/mol. The molecule has 0 spiro atoms. The lowest BCUT2D eigenvalue weighted by molar-refractivity contribution is -0.161. The van der Waals surface area contributed by atoms with E-state index in [2.05, 4.69) is 54.8 Å². The molecular weight excluding hydrogens is 691 g/mol. The van der Waals surface area contributed by atoms with Gasteiger partial charge in [-0.15, -0.1) is 0 Å². The van der Waals surface area contributed by atoms with Crippen molar-refractivity contribution in [1.82, 2.24) is 0 Å². The molecule has 0 aromatic heterocycles. The van der Waals surface area contributed by atoms with Gasteiger partial charge in [0, 0.05) is 12.8 Å². The van der Waals surface area contributed by atoms with E-state index in [0.717, 1.165) is 44.9 Å². The Morgan fingerprint density at radius 2 is 1.06 bits per heavy atom. The molecule has 0 aliphatic carbocycles. The summed E-state index contributed by atoms with van der Waals surface area (Å²) < 4.78 is 26.2. The topological polar surface area (TPSA) is 140 Å². The van der Waals surface area contributed by atoms with Crippen LogP contribution >= 0.6 is 7.82 Å². The molecule has 0 aliphatic rings. The molecule has 0 aromatic rings. The van der Waals surface area contributed by atoms with Crippen LogP contribution in [-0.2, 0) is 28.2 Å². The van der Waals surface area contributed by atoms with Gasteiger partial charge < -0.3 is 24.4 Å². The first-order valence-electron chi connectivity index (χ1n) is 20.7. The van der Waals surface area contributed by atoms with Crippen LogP contribution in [0, 0.1) is 0 Å². The second-order valence-corrected chi connectivity index (χ2v) is 15.0. The summed E-state index contributed by atoms with van der Waals surface area (Å²) >= 11 is 0. The third-order valence-corrected chi connectivity index (χ3v) is 9.14. The number of allylic oxidation sites excluding steroid dienone is 9. The zero-order valence-electron chi connectivity index (χ0n) is 33.3. The van der Waals surface area contributed by atoms with Crippen LogP contribution in [0.4, 0.5) is 0 Å². The molecule has 0 aliphatic heterocycles. The molecule has 306 valence electrons. The number of phosphoric acid groups is 1. The quantitative estimate of drug-likeness (QED) is 0.0185. The molecule has 0 fully saturated rings. The Morgan fingerprint density at radius 1 is 0.585 bits per heavy atom. The fourth-order valence-electron chi connectivity index (χ4n) is 5.58. The average molecular weight is 767 g/mol. The molecule has 1 unspecified atom stereocenters. The van der Waals surface area contributed by atoms with Crippen LogP contribution in [0.2, 0.25) is 0 Å². The molecular formula is C43H75O9P. The Labute approximate surface area is 322 Å². The molecule has 2 atom stereocenters. The van der Waals surface area contributed by atoms with Crippen LogP contribution in [0.15, 0.2) is 60.8 Å². The number of carbonyl (C=O) groups is 2. The van der Waals surface area contributed by atoms with Crippen LogP contribution in [0.25, 0.3) is 0 Å². The van der Waals surface area contributed by atoms with Crippen molar-refractivity contribution in [2.45, 2.75) is 187 Å². The molecule has 3 N–H and O–H groups in total. The number of unbranched alkanes of at least 4 members (excludes halogenated alkanes) is 16. The fraction of sp³-hybridized carbons (Fsp3) is 0.721. The number of ether oxygens (including phenoxy) is 2. The number of hydrogen-bond donors (Lipinski definition) is 3. The summed E-state index contributed by atoms with van der Waals surface area (Å²) in [6.45, 7) is 3.41. The van der Waals surface area contributed by atoms with E-state index >= 15 is 0 Å². The van der Waals surface area contributed by atoms with Crippen molar-refractivity contribution in [3.63, 3.8) is 0 Å². The largest absolute Gasteiger partial charge is 0.469 e. The molecule has 0 saturated heterocycles. The lowest BCUT2D eigenvalue weighted by Crippen LogP contribution is -2.29. The first-order chi connectivity index (χ1) is 25.7. The summed E-state index contributed by atoms with van der Waals surface area (Å²) in [6.07, 6.45) is 44.0. The van der Waals surface area contributed by atoms with E-state index in [1.165, 1.54) is 83.5 Å². The molecule has 0 aromatic carbocycles. The molecule has 0 radical (unpaired) electrons. The number of carbonyl (C=O) groups excluding carboxylic acids is 2. The zero-order valence-corrected chi connectivity index (χ0v) is 34.2. The standard InChI is InChI=1S/C43H75O9P/c1-3-5-7-9-11-13-15-17-18-19-20-22-24-26-28-30-32-36-42(45)50-38-41(39-51-53(47,48)49)52-43(46)37-33-35-40(44)34-31-29-27-25-23-21-16-14-12-10-8-6-4-2/h6,8,12,14,21,23,27,29,31,34,40-41,44H,3-5,7,9-11,13,15-20,22,24-26,28,30,32-33,35-39H2,1-2H3,(H2,47,48,49)/b8-6-,14-12-,23-21-,29-27-,34-31+/t40?,41-/m1/s1. The van der Waals surface area contributed by atoms with E-state index in [9.17, 15) is 19.3 Å². The number of hydrogen-bond acceptors (Lipinski definition) is 7. The molecule has 0 bridgehead atoms. The molecule has 0 rings (SSSR count). The number of aliphatic hydroxyl groups excluding tert-OH is 1. The third kappa shape index (κ3) is 40.7. The summed E-state index contributed by atoms with van der Waals surface area (Å²) in [4.78, 5) is 42.8. The van der Waals surface area contributed by atoms with E-state index < -0.39 is 38.6 Å². The van der Waals surface area contributed by atoms with Gasteiger partial charge in [0.15, 0.2) is 6.10 Å². The van der Waals surface area contributed by atoms with Gasteiger partial charge in [-0.1, -0.05) is 177 Å². The minimum Gasteiger partial charge on any atom is -0.462 e.